The predicted octanol–water partition coefficient (Wildman–Crippen LogP) is 2.08. The van der Waals surface area contributed by atoms with Gasteiger partial charge in [-0.2, -0.15) is 0 Å². The van der Waals surface area contributed by atoms with Crippen LogP contribution in [0.5, 0.6) is 11.5 Å². The zero-order valence-electron chi connectivity index (χ0n) is 14.9. The summed E-state index contributed by atoms with van der Waals surface area (Å²) in [5.41, 5.74) is 0.710. The molecular formula is C18H21N3O5S. The first-order valence-electron chi connectivity index (χ1n) is 8.54. The number of H-pyrrole nitrogens is 1. The molecule has 1 amide bonds. The van der Waals surface area contributed by atoms with Crippen LogP contribution >= 0.6 is 11.8 Å². The Morgan fingerprint density at radius 2 is 2.07 bits per heavy atom. The second-order valence-corrected chi connectivity index (χ2v) is 7.21. The van der Waals surface area contributed by atoms with E-state index in [4.69, 9.17) is 14.6 Å². The van der Waals surface area contributed by atoms with Crippen LogP contribution in [0.1, 0.15) is 17.9 Å². The third-order valence-corrected chi connectivity index (χ3v) is 4.89. The molecule has 0 bridgehead atoms. The van der Waals surface area contributed by atoms with Crippen molar-refractivity contribution in [3.05, 3.63) is 35.9 Å². The van der Waals surface area contributed by atoms with Gasteiger partial charge in [-0.15, -0.1) is 11.8 Å². The Morgan fingerprint density at radius 3 is 2.78 bits per heavy atom. The van der Waals surface area contributed by atoms with Crippen molar-refractivity contribution in [1.82, 2.24) is 14.9 Å². The molecule has 8 nitrogen and oxygen atoms in total. The van der Waals surface area contributed by atoms with E-state index in [0.29, 0.717) is 30.4 Å². The summed E-state index contributed by atoms with van der Waals surface area (Å²) >= 11 is 1.52. The number of aryl methyl sites for hydroxylation is 1. The number of aromatic nitrogens is 2. The van der Waals surface area contributed by atoms with Crippen LogP contribution in [0, 0.1) is 6.92 Å². The topological polar surface area (TPSA) is 105 Å². The molecule has 1 aliphatic heterocycles. The van der Waals surface area contributed by atoms with Crippen LogP contribution < -0.4 is 9.47 Å². The molecule has 144 valence electrons. The van der Waals surface area contributed by atoms with Crippen molar-refractivity contribution >= 4 is 23.6 Å². The molecule has 0 saturated carbocycles. The van der Waals surface area contributed by atoms with Crippen molar-refractivity contribution in [3.63, 3.8) is 0 Å². The van der Waals surface area contributed by atoms with Crippen molar-refractivity contribution in [2.24, 2.45) is 0 Å². The van der Waals surface area contributed by atoms with E-state index in [9.17, 15) is 9.59 Å². The maximum Gasteiger partial charge on any atom is 0.323 e. The monoisotopic (exact) mass is 391 g/mol. The van der Waals surface area contributed by atoms with Gasteiger partial charge in [0.2, 0.25) is 5.91 Å². The number of nitrogens with zero attached hydrogens (tertiary/aromatic N) is 2. The molecule has 3 rings (SSSR count). The lowest BCUT2D eigenvalue weighted by atomic mass is 10.3. The lowest BCUT2D eigenvalue weighted by molar-refractivity contribution is -0.144. The number of rotatable bonds is 8. The maximum atomic E-state index is 12.5. The molecule has 0 aliphatic carbocycles. The van der Waals surface area contributed by atoms with Crippen molar-refractivity contribution < 1.29 is 24.2 Å². The zero-order valence-corrected chi connectivity index (χ0v) is 15.8. The van der Waals surface area contributed by atoms with Gasteiger partial charge in [0.1, 0.15) is 25.6 Å². The molecular weight excluding hydrogens is 370 g/mol. The minimum atomic E-state index is -1.04. The summed E-state index contributed by atoms with van der Waals surface area (Å²) in [5.74, 6) is 1.44. The number of carboxylic acids is 1. The van der Waals surface area contributed by atoms with E-state index in [1.807, 2.05) is 18.2 Å². The molecule has 2 heterocycles. The first kappa shape index (κ1) is 19.1. The van der Waals surface area contributed by atoms with Gasteiger partial charge in [0.15, 0.2) is 11.5 Å². The van der Waals surface area contributed by atoms with E-state index in [1.165, 1.54) is 16.7 Å². The fourth-order valence-electron chi connectivity index (χ4n) is 2.68. The summed E-state index contributed by atoms with van der Waals surface area (Å²) in [6, 6.07) is 5.67. The lowest BCUT2D eigenvalue weighted by Crippen LogP contribution is -2.35. The average molecular weight is 391 g/mol. The third kappa shape index (κ3) is 5.40. The van der Waals surface area contributed by atoms with Crippen LogP contribution in [-0.2, 0) is 16.1 Å². The highest BCUT2D eigenvalue weighted by molar-refractivity contribution is 7.99. The number of amides is 1. The minimum absolute atomic E-state index is 0.195. The first-order valence-corrected chi connectivity index (χ1v) is 9.52. The van der Waals surface area contributed by atoms with Gasteiger partial charge in [-0.3, -0.25) is 9.59 Å². The van der Waals surface area contributed by atoms with Gasteiger partial charge >= 0.3 is 5.97 Å². The molecule has 27 heavy (non-hydrogen) atoms. The van der Waals surface area contributed by atoms with E-state index >= 15 is 0 Å². The molecule has 0 atom stereocenters. The Morgan fingerprint density at radius 1 is 1.30 bits per heavy atom. The number of carbonyl (C=O) groups excluding carboxylic acids is 1. The van der Waals surface area contributed by atoms with Crippen LogP contribution in [0.2, 0.25) is 0 Å². The number of benzene rings is 1. The molecule has 2 aromatic rings. The van der Waals surface area contributed by atoms with Crippen molar-refractivity contribution in [2.45, 2.75) is 24.8 Å². The van der Waals surface area contributed by atoms with Crippen molar-refractivity contribution in [2.75, 3.05) is 25.5 Å². The fraction of sp³-hybridized carbons (Fsp3) is 0.389. The molecule has 0 unspecified atom stereocenters. The van der Waals surface area contributed by atoms with Crippen LogP contribution in [0.4, 0.5) is 0 Å². The number of aromatic amines is 1. The van der Waals surface area contributed by atoms with E-state index < -0.39 is 5.97 Å². The number of ether oxygens (including phenoxy) is 2. The molecule has 1 aliphatic rings. The molecule has 0 fully saturated rings. The number of carboxylic acid groups (broad SMARTS) is 1. The molecule has 9 heteroatoms. The van der Waals surface area contributed by atoms with E-state index in [0.717, 1.165) is 16.5 Å². The number of nitrogens with one attached hydrogen (secondary N) is 1. The van der Waals surface area contributed by atoms with Crippen molar-refractivity contribution in [3.8, 4) is 11.5 Å². The molecule has 1 aromatic heterocycles. The summed E-state index contributed by atoms with van der Waals surface area (Å²) < 4.78 is 11.0. The Hall–Kier alpha value is -2.68. The van der Waals surface area contributed by atoms with Gasteiger partial charge < -0.3 is 24.5 Å². The molecule has 0 spiro atoms. The summed E-state index contributed by atoms with van der Waals surface area (Å²) in [7, 11) is 0. The number of fused-ring (bicyclic) bond motifs is 1. The highest BCUT2D eigenvalue weighted by Crippen LogP contribution is 2.34. The Kier molecular flexibility index (Phi) is 6.23. The smallest absolute Gasteiger partial charge is 0.323 e. The van der Waals surface area contributed by atoms with Crippen LogP contribution in [0.3, 0.4) is 0 Å². The Bertz CT molecular complexity index is 823. The van der Waals surface area contributed by atoms with Crippen LogP contribution in [0.25, 0.3) is 0 Å². The van der Waals surface area contributed by atoms with Crippen LogP contribution in [-0.4, -0.2) is 57.4 Å². The van der Waals surface area contributed by atoms with Gasteiger partial charge in [0, 0.05) is 17.1 Å². The summed E-state index contributed by atoms with van der Waals surface area (Å²) in [6.07, 6.45) is 1.85. The fourth-order valence-corrected chi connectivity index (χ4v) is 3.55. The number of aliphatic carboxylic acids is 1. The standard InChI is InChI=1S/C18H21N3O5S/c1-12-19-9-13(20-12)10-21(11-18(23)24)17(22)4-7-27-14-2-3-15-16(8-14)26-6-5-25-15/h2-3,8-9H,4-7,10-11H2,1H3,(H,19,20)(H,23,24). The number of thioether (sulfide) groups is 1. The van der Waals surface area contributed by atoms with Gasteiger partial charge in [-0.1, -0.05) is 0 Å². The minimum Gasteiger partial charge on any atom is -0.486 e. The van der Waals surface area contributed by atoms with Gasteiger partial charge in [-0.05, 0) is 25.1 Å². The maximum absolute atomic E-state index is 12.5. The summed E-state index contributed by atoms with van der Waals surface area (Å²) in [6.45, 7) is 2.73. The van der Waals surface area contributed by atoms with Crippen LogP contribution in [0.15, 0.2) is 29.3 Å². The second-order valence-electron chi connectivity index (χ2n) is 6.04. The Labute approximate surface area is 160 Å². The second kappa shape index (κ2) is 8.81. The van der Waals surface area contributed by atoms with Crippen molar-refractivity contribution in [1.29, 1.82) is 0 Å². The van der Waals surface area contributed by atoms with Gasteiger partial charge in [-0.25, -0.2) is 4.98 Å². The third-order valence-electron chi connectivity index (χ3n) is 3.89. The number of carbonyl (C=O) groups is 2. The number of hydrogen-bond acceptors (Lipinski definition) is 6. The highest BCUT2D eigenvalue weighted by atomic mass is 32.2. The van der Waals surface area contributed by atoms with Gasteiger partial charge in [0.05, 0.1) is 18.4 Å². The molecule has 0 saturated heterocycles. The molecule has 2 N–H and O–H groups in total. The van der Waals surface area contributed by atoms with E-state index in [1.54, 1.807) is 13.1 Å². The number of imidazole rings is 1. The zero-order chi connectivity index (χ0) is 19.2. The predicted molar refractivity (Wildman–Crippen MR) is 99.2 cm³/mol. The largest absolute Gasteiger partial charge is 0.486 e. The SMILES string of the molecule is Cc1ncc(CN(CC(=O)O)C(=O)CCSc2ccc3c(c2)OCCO3)[nH]1. The average Bonchev–Trinajstić information content (AvgIpc) is 3.05. The first-order chi connectivity index (χ1) is 13.0. The normalized spacial score (nSPS) is 12.6. The van der Waals surface area contributed by atoms with Gasteiger partial charge in [0.25, 0.3) is 0 Å². The van der Waals surface area contributed by atoms with E-state index in [2.05, 4.69) is 9.97 Å². The highest BCUT2D eigenvalue weighted by Gasteiger charge is 2.18. The quantitative estimate of drug-likeness (QED) is 0.664. The lowest BCUT2D eigenvalue weighted by Gasteiger charge is -2.20. The summed E-state index contributed by atoms with van der Waals surface area (Å²) in [4.78, 5) is 33.0. The molecule has 0 radical (unpaired) electrons. The summed E-state index contributed by atoms with van der Waals surface area (Å²) in [5, 5.41) is 9.08. The Balaban J connectivity index is 1.54. The van der Waals surface area contributed by atoms with E-state index in [-0.39, 0.29) is 25.4 Å². The number of hydrogen-bond donors (Lipinski definition) is 2. The molecule has 1 aromatic carbocycles.